The van der Waals surface area contributed by atoms with Gasteiger partial charge in [0.1, 0.15) is 17.2 Å². The first kappa shape index (κ1) is 16.8. The molecule has 1 amide bonds. The molecule has 0 bridgehead atoms. The molecule has 0 fully saturated rings. The SMILES string of the molecule is CCOc1ccc(Oc2ccc(NC(=O)C(C)(C)N)cc2)cc1. The quantitative estimate of drug-likeness (QED) is 0.855. The zero-order valence-corrected chi connectivity index (χ0v) is 13.6. The number of anilines is 1. The number of hydrogen-bond donors (Lipinski definition) is 2. The third-order valence-electron chi connectivity index (χ3n) is 3.07. The smallest absolute Gasteiger partial charge is 0.243 e. The third-order valence-corrected chi connectivity index (χ3v) is 3.07. The van der Waals surface area contributed by atoms with E-state index in [4.69, 9.17) is 15.2 Å². The van der Waals surface area contributed by atoms with Crippen LogP contribution in [0.2, 0.25) is 0 Å². The maximum atomic E-state index is 11.8. The second-order valence-corrected chi connectivity index (χ2v) is 5.71. The van der Waals surface area contributed by atoms with Crippen LogP contribution in [0.4, 0.5) is 5.69 Å². The van der Waals surface area contributed by atoms with Gasteiger partial charge in [0.05, 0.1) is 12.1 Å². The first-order chi connectivity index (χ1) is 10.9. The molecular weight excluding hydrogens is 292 g/mol. The highest BCUT2D eigenvalue weighted by Gasteiger charge is 2.21. The molecule has 0 aliphatic carbocycles. The highest BCUT2D eigenvalue weighted by atomic mass is 16.5. The van der Waals surface area contributed by atoms with Crippen LogP contribution in [-0.2, 0) is 4.79 Å². The fourth-order valence-electron chi connectivity index (χ4n) is 1.81. The Bertz CT molecular complexity index is 643. The van der Waals surface area contributed by atoms with E-state index in [1.54, 1.807) is 38.1 Å². The molecular formula is C18H22N2O3. The van der Waals surface area contributed by atoms with Crippen molar-refractivity contribution in [2.75, 3.05) is 11.9 Å². The van der Waals surface area contributed by atoms with Crippen LogP contribution in [-0.4, -0.2) is 18.1 Å². The standard InChI is InChI=1S/C18H22N2O3/c1-4-22-14-9-11-16(12-10-14)23-15-7-5-13(6-8-15)20-17(21)18(2,3)19/h5-12H,4,19H2,1-3H3,(H,20,21). The number of rotatable bonds is 6. The van der Waals surface area contributed by atoms with Gasteiger partial charge in [-0.15, -0.1) is 0 Å². The fraction of sp³-hybridized carbons (Fsp3) is 0.278. The van der Waals surface area contributed by atoms with Gasteiger partial charge in [0.2, 0.25) is 5.91 Å². The maximum absolute atomic E-state index is 11.8. The summed E-state index contributed by atoms with van der Waals surface area (Å²) in [6, 6.07) is 14.5. The molecule has 0 spiro atoms. The molecule has 2 aromatic rings. The number of benzene rings is 2. The van der Waals surface area contributed by atoms with Gasteiger partial charge in [-0.2, -0.15) is 0 Å². The lowest BCUT2D eigenvalue weighted by atomic mass is 10.1. The molecule has 0 aliphatic heterocycles. The number of nitrogens with two attached hydrogens (primary N) is 1. The van der Waals surface area contributed by atoms with E-state index in [0.717, 1.165) is 5.75 Å². The molecule has 0 saturated carbocycles. The minimum atomic E-state index is -0.919. The van der Waals surface area contributed by atoms with Crippen LogP contribution in [0.1, 0.15) is 20.8 Å². The van der Waals surface area contributed by atoms with Gasteiger partial charge >= 0.3 is 0 Å². The van der Waals surface area contributed by atoms with Crippen molar-refractivity contribution < 1.29 is 14.3 Å². The van der Waals surface area contributed by atoms with Crippen molar-refractivity contribution in [2.45, 2.75) is 26.3 Å². The first-order valence-corrected chi connectivity index (χ1v) is 7.49. The van der Waals surface area contributed by atoms with Gasteiger partial charge in [-0.3, -0.25) is 4.79 Å². The lowest BCUT2D eigenvalue weighted by Crippen LogP contribution is -2.45. The molecule has 0 radical (unpaired) electrons. The number of nitrogens with one attached hydrogen (secondary N) is 1. The Morgan fingerprint density at radius 1 is 1.00 bits per heavy atom. The maximum Gasteiger partial charge on any atom is 0.243 e. The minimum Gasteiger partial charge on any atom is -0.494 e. The summed E-state index contributed by atoms with van der Waals surface area (Å²) in [6.07, 6.45) is 0. The van der Waals surface area contributed by atoms with Crippen molar-refractivity contribution in [3.8, 4) is 17.2 Å². The molecule has 0 heterocycles. The van der Waals surface area contributed by atoms with Crippen LogP contribution in [0, 0.1) is 0 Å². The Morgan fingerprint density at radius 2 is 1.48 bits per heavy atom. The molecule has 2 aromatic carbocycles. The van der Waals surface area contributed by atoms with Gasteiger partial charge < -0.3 is 20.5 Å². The largest absolute Gasteiger partial charge is 0.494 e. The van der Waals surface area contributed by atoms with Crippen molar-refractivity contribution in [3.63, 3.8) is 0 Å². The van der Waals surface area contributed by atoms with E-state index < -0.39 is 5.54 Å². The van der Waals surface area contributed by atoms with Crippen LogP contribution in [0.3, 0.4) is 0 Å². The van der Waals surface area contributed by atoms with Gasteiger partial charge in [0.15, 0.2) is 0 Å². The molecule has 0 aromatic heterocycles. The molecule has 5 nitrogen and oxygen atoms in total. The zero-order valence-electron chi connectivity index (χ0n) is 13.6. The Morgan fingerprint density at radius 3 is 1.96 bits per heavy atom. The fourth-order valence-corrected chi connectivity index (χ4v) is 1.81. The molecule has 0 atom stereocenters. The second-order valence-electron chi connectivity index (χ2n) is 5.71. The molecule has 3 N–H and O–H groups in total. The number of hydrogen-bond acceptors (Lipinski definition) is 4. The van der Waals surface area contributed by atoms with Crippen molar-refractivity contribution in [3.05, 3.63) is 48.5 Å². The normalized spacial score (nSPS) is 11.0. The van der Waals surface area contributed by atoms with Crippen LogP contribution >= 0.6 is 0 Å². The Hall–Kier alpha value is -2.53. The van der Waals surface area contributed by atoms with E-state index in [0.29, 0.717) is 23.8 Å². The van der Waals surface area contributed by atoms with Crippen molar-refractivity contribution >= 4 is 11.6 Å². The summed E-state index contributed by atoms with van der Waals surface area (Å²) in [5.41, 5.74) is 5.50. The summed E-state index contributed by atoms with van der Waals surface area (Å²) in [7, 11) is 0. The van der Waals surface area contributed by atoms with E-state index >= 15 is 0 Å². The molecule has 0 aliphatic rings. The summed E-state index contributed by atoms with van der Waals surface area (Å²) in [4.78, 5) is 11.8. The van der Waals surface area contributed by atoms with Crippen LogP contribution < -0.4 is 20.5 Å². The average molecular weight is 314 g/mol. The molecule has 23 heavy (non-hydrogen) atoms. The average Bonchev–Trinajstić information content (AvgIpc) is 2.50. The van der Waals surface area contributed by atoms with Gasteiger partial charge in [0.25, 0.3) is 0 Å². The summed E-state index contributed by atoms with van der Waals surface area (Å²) >= 11 is 0. The Labute approximate surface area is 136 Å². The van der Waals surface area contributed by atoms with Gasteiger partial charge in [-0.1, -0.05) is 0 Å². The molecule has 122 valence electrons. The van der Waals surface area contributed by atoms with Crippen LogP contribution in [0.5, 0.6) is 17.2 Å². The van der Waals surface area contributed by atoms with Gasteiger partial charge in [-0.25, -0.2) is 0 Å². The van der Waals surface area contributed by atoms with Crippen molar-refractivity contribution in [1.82, 2.24) is 0 Å². The van der Waals surface area contributed by atoms with E-state index in [1.807, 2.05) is 31.2 Å². The van der Waals surface area contributed by atoms with Crippen molar-refractivity contribution in [2.24, 2.45) is 5.73 Å². The summed E-state index contributed by atoms with van der Waals surface area (Å²) in [6.45, 7) is 5.89. The zero-order chi connectivity index (χ0) is 16.9. The van der Waals surface area contributed by atoms with Gasteiger partial charge in [-0.05, 0) is 69.3 Å². The number of amides is 1. The Kier molecular flexibility index (Phi) is 5.24. The molecule has 5 heteroatoms. The predicted octanol–water partition coefficient (Wildman–Crippen LogP) is 3.55. The molecule has 0 unspecified atom stereocenters. The second kappa shape index (κ2) is 7.15. The van der Waals surface area contributed by atoms with Crippen LogP contribution in [0.25, 0.3) is 0 Å². The monoisotopic (exact) mass is 314 g/mol. The highest BCUT2D eigenvalue weighted by Crippen LogP contribution is 2.25. The first-order valence-electron chi connectivity index (χ1n) is 7.49. The highest BCUT2D eigenvalue weighted by molar-refractivity contribution is 5.97. The van der Waals surface area contributed by atoms with Crippen LogP contribution in [0.15, 0.2) is 48.5 Å². The predicted molar refractivity (Wildman–Crippen MR) is 91.0 cm³/mol. The van der Waals surface area contributed by atoms with E-state index in [-0.39, 0.29) is 5.91 Å². The van der Waals surface area contributed by atoms with E-state index in [1.165, 1.54) is 0 Å². The van der Waals surface area contributed by atoms with Gasteiger partial charge in [0, 0.05) is 5.69 Å². The number of carbonyl (C=O) groups is 1. The van der Waals surface area contributed by atoms with E-state index in [9.17, 15) is 4.79 Å². The molecule has 2 rings (SSSR count). The topological polar surface area (TPSA) is 73.6 Å². The van der Waals surface area contributed by atoms with E-state index in [2.05, 4.69) is 5.32 Å². The summed E-state index contributed by atoms with van der Waals surface area (Å²) in [5, 5.41) is 2.76. The minimum absolute atomic E-state index is 0.238. The number of ether oxygens (including phenoxy) is 2. The summed E-state index contributed by atoms with van der Waals surface area (Å²) in [5.74, 6) is 1.97. The number of carbonyl (C=O) groups excluding carboxylic acids is 1. The lowest BCUT2D eigenvalue weighted by Gasteiger charge is -2.17. The summed E-state index contributed by atoms with van der Waals surface area (Å²) < 4.78 is 11.1. The van der Waals surface area contributed by atoms with Crippen molar-refractivity contribution in [1.29, 1.82) is 0 Å². The third kappa shape index (κ3) is 5.00. The molecule has 0 saturated heterocycles. The lowest BCUT2D eigenvalue weighted by molar-refractivity contribution is -0.120. The Balaban J connectivity index is 1.98.